The molecule has 2 heterocycles. The van der Waals surface area contributed by atoms with Gasteiger partial charge < -0.3 is 9.47 Å². The lowest BCUT2D eigenvalue weighted by atomic mass is 9.74. The van der Waals surface area contributed by atoms with Crippen LogP contribution in [0.1, 0.15) is 37.0 Å². The first-order valence-electron chi connectivity index (χ1n) is 8.14. The highest BCUT2D eigenvalue weighted by atomic mass is 32.1. The van der Waals surface area contributed by atoms with Crippen molar-refractivity contribution in [2.75, 3.05) is 20.3 Å². The highest BCUT2D eigenvalue weighted by Crippen LogP contribution is 2.44. The Morgan fingerprint density at radius 3 is 2.92 bits per heavy atom. The molecule has 1 unspecified atom stereocenters. The first-order valence-corrected chi connectivity index (χ1v) is 9.02. The highest BCUT2D eigenvalue weighted by Gasteiger charge is 2.43. The van der Waals surface area contributed by atoms with Crippen LogP contribution in [0.5, 0.6) is 0 Å². The summed E-state index contributed by atoms with van der Waals surface area (Å²) in [5, 5.41) is 1.97. The first kappa shape index (κ1) is 17.0. The fraction of sp³-hybridized carbons (Fsp3) is 0.500. The molecule has 3 rings (SSSR count). The van der Waals surface area contributed by atoms with E-state index < -0.39 is 5.92 Å². The number of carbonyl (C=O) groups is 2. The van der Waals surface area contributed by atoms with E-state index in [9.17, 15) is 9.59 Å². The molecule has 0 spiro atoms. The number of aliphatic imine (C=N–C) groups is 1. The maximum Gasteiger partial charge on any atom is 0.315 e. The van der Waals surface area contributed by atoms with E-state index in [1.807, 2.05) is 24.4 Å². The van der Waals surface area contributed by atoms with Crippen molar-refractivity contribution in [2.24, 2.45) is 10.9 Å². The van der Waals surface area contributed by atoms with Gasteiger partial charge in [0, 0.05) is 41.3 Å². The van der Waals surface area contributed by atoms with Gasteiger partial charge in [-0.3, -0.25) is 14.6 Å². The molecule has 1 aliphatic heterocycles. The minimum Gasteiger partial charge on any atom is -0.463 e. The van der Waals surface area contributed by atoms with E-state index >= 15 is 0 Å². The molecule has 0 aromatic carbocycles. The second kappa shape index (κ2) is 7.40. The number of methoxy groups -OCH3 is 1. The zero-order chi connectivity index (χ0) is 17.1. The average Bonchev–Trinajstić information content (AvgIpc) is 3.08. The van der Waals surface area contributed by atoms with Crippen molar-refractivity contribution < 1.29 is 19.1 Å². The molecule has 0 saturated carbocycles. The highest BCUT2D eigenvalue weighted by molar-refractivity contribution is 7.10. The normalized spacial score (nSPS) is 23.8. The van der Waals surface area contributed by atoms with Gasteiger partial charge in [0.25, 0.3) is 0 Å². The van der Waals surface area contributed by atoms with Crippen LogP contribution in [-0.2, 0) is 19.1 Å². The van der Waals surface area contributed by atoms with Gasteiger partial charge in [0.1, 0.15) is 12.5 Å². The van der Waals surface area contributed by atoms with Crippen LogP contribution in [0, 0.1) is 5.92 Å². The van der Waals surface area contributed by atoms with Crippen LogP contribution < -0.4 is 0 Å². The summed E-state index contributed by atoms with van der Waals surface area (Å²) in [6.45, 7) is 2.41. The summed E-state index contributed by atoms with van der Waals surface area (Å²) in [6, 6.07) is 3.93. The van der Waals surface area contributed by atoms with E-state index in [0.717, 1.165) is 29.1 Å². The molecule has 0 N–H and O–H groups in total. The number of carbonyl (C=O) groups excluding carboxylic acids is 2. The van der Waals surface area contributed by atoms with Crippen LogP contribution in [0.3, 0.4) is 0 Å². The molecule has 5 nitrogen and oxygen atoms in total. The molecular weight excluding hydrogens is 326 g/mol. The number of allylic oxidation sites excluding steroid dienone is 2. The van der Waals surface area contributed by atoms with Gasteiger partial charge in [-0.15, -0.1) is 11.3 Å². The Hall–Kier alpha value is -1.79. The molecule has 2 aliphatic rings. The Morgan fingerprint density at radius 1 is 1.38 bits per heavy atom. The van der Waals surface area contributed by atoms with Gasteiger partial charge in [0.05, 0.1) is 6.61 Å². The third-order valence-electron chi connectivity index (χ3n) is 4.47. The number of esters is 1. The molecule has 2 atom stereocenters. The van der Waals surface area contributed by atoms with Crippen LogP contribution in [0.4, 0.5) is 0 Å². The average molecular weight is 347 g/mol. The predicted molar refractivity (Wildman–Crippen MR) is 92.4 cm³/mol. The van der Waals surface area contributed by atoms with Gasteiger partial charge in [-0.25, -0.2) is 0 Å². The van der Waals surface area contributed by atoms with Crippen molar-refractivity contribution >= 4 is 28.8 Å². The molecule has 24 heavy (non-hydrogen) atoms. The summed E-state index contributed by atoms with van der Waals surface area (Å²) in [7, 11) is 1.56. The maximum atomic E-state index is 12.7. The summed E-state index contributed by atoms with van der Waals surface area (Å²) in [4.78, 5) is 30.9. The van der Waals surface area contributed by atoms with E-state index in [0.29, 0.717) is 18.6 Å². The van der Waals surface area contributed by atoms with Crippen molar-refractivity contribution in [1.82, 2.24) is 0 Å². The Kier molecular flexibility index (Phi) is 5.26. The molecule has 6 heteroatoms. The predicted octanol–water partition coefficient (Wildman–Crippen LogP) is 3.12. The number of ether oxygens (including phenoxy) is 2. The van der Waals surface area contributed by atoms with E-state index in [4.69, 9.17) is 9.47 Å². The Labute approximate surface area is 145 Å². The van der Waals surface area contributed by atoms with Crippen molar-refractivity contribution in [2.45, 2.75) is 32.1 Å². The standard InChI is InChI=1S/C18H21NO4S/c1-11-15(18(21)23-9-8-22-2)17(14-7-4-10-24-14)16-12(19-11)5-3-6-13(16)20/h4,7,10,15,17H,3,5-6,8-9H2,1-2H3/t15?,17-/m0/s1. The SMILES string of the molecule is COCCOC(=O)C1C(C)=NC2=C(C(=O)CCC2)[C@H]1c1cccs1. The third kappa shape index (κ3) is 3.21. The monoisotopic (exact) mass is 347 g/mol. The van der Waals surface area contributed by atoms with Crippen LogP contribution in [0.2, 0.25) is 0 Å². The number of Topliss-reactive ketones (excluding diaryl/α,β-unsaturated/α-hetero) is 1. The molecule has 1 aliphatic carbocycles. The lowest BCUT2D eigenvalue weighted by Gasteiger charge is -2.33. The van der Waals surface area contributed by atoms with Gasteiger partial charge in [0.2, 0.25) is 0 Å². The molecule has 1 aromatic rings. The van der Waals surface area contributed by atoms with Gasteiger partial charge in [0.15, 0.2) is 5.78 Å². The van der Waals surface area contributed by atoms with Crippen molar-refractivity contribution in [3.05, 3.63) is 33.7 Å². The van der Waals surface area contributed by atoms with Crippen molar-refractivity contribution in [1.29, 1.82) is 0 Å². The summed E-state index contributed by atoms with van der Waals surface area (Å²) >= 11 is 1.56. The second-order valence-corrected chi connectivity index (χ2v) is 7.00. The van der Waals surface area contributed by atoms with Gasteiger partial charge >= 0.3 is 5.97 Å². The second-order valence-electron chi connectivity index (χ2n) is 6.02. The Balaban J connectivity index is 1.98. The van der Waals surface area contributed by atoms with Crippen molar-refractivity contribution in [3.8, 4) is 0 Å². The van der Waals surface area contributed by atoms with Gasteiger partial charge in [-0.2, -0.15) is 0 Å². The topological polar surface area (TPSA) is 65.0 Å². The lowest BCUT2D eigenvalue weighted by molar-refractivity contribution is -0.147. The van der Waals surface area contributed by atoms with Crippen LogP contribution in [0.25, 0.3) is 0 Å². The van der Waals surface area contributed by atoms with E-state index in [1.165, 1.54) is 0 Å². The van der Waals surface area contributed by atoms with Crippen LogP contribution >= 0.6 is 11.3 Å². The number of hydrogen-bond acceptors (Lipinski definition) is 6. The first-order chi connectivity index (χ1) is 11.6. The fourth-order valence-electron chi connectivity index (χ4n) is 3.40. The molecule has 0 fully saturated rings. The summed E-state index contributed by atoms with van der Waals surface area (Å²) in [6.07, 6.45) is 2.15. The molecule has 0 amide bonds. The number of rotatable bonds is 5. The molecule has 0 bridgehead atoms. The summed E-state index contributed by atoms with van der Waals surface area (Å²) in [5.74, 6) is -1.04. The lowest BCUT2D eigenvalue weighted by Crippen LogP contribution is -2.37. The smallest absolute Gasteiger partial charge is 0.315 e. The maximum absolute atomic E-state index is 12.7. The van der Waals surface area contributed by atoms with Crippen molar-refractivity contribution in [3.63, 3.8) is 0 Å². The minimum absolute atomic E-state index is 0.112. The Bertz CT molecular complexity index is 690. The van der Waals surface area contributed by atoms with E-state index in [2.05, 4.69) is 4.99 Å². The Morgan fingerprint density at radius 2 is 2.21 bits per heavy atom. The quantitative estimate of drug-likeness (QED) is 0.606. The minimum atomic E-state index is -0.540. The largest absolute Gasteiger partial charge is 0.463 e. The summed E-state index contributed by atoms with van der Waals surface area (Å²) in [5.41, 5.74) is 2.29. The van der Waals surface area contributed by atoms with E-state index in [-0.39, 0.29) is 24.3 Å². The molecule has 128 valence electrons. The zero-order valence-electron chi connectivity index (χ0n) is 13.9. The zero-order valence-corrected chi connectivity index (χ0v) is 14.7. The van der Waals surface area contributed by atoms with E-state index in [1.54, 1.807) is 18.4 Å². The molecular formula is C18H21NO4S. The number of hydrogen-bond donors (Lipinski definition) is 0. The summed E-state index contributed by atoms with van der Waals surface area (Å²) < 4.78 is 10.3. The molecule has 0 radical (unpaired) electrons. The fourth-order valence-corrected chi connectivity index (χ4v) is 4.27. The third-order valence-corrected chi connectivity index (χ3v) is 5.43. The van der Waals surface area contributed by atoms with Gasteiger partial charge in [-0.1, -0.05) is 6.07 Å². The van der Waals surface area contributed by atoms with Crippen LogP contribution in [-0.4, -0.2) is 37.8 Å². The molecule has 0 saturated heterocycles. The van der Waals surface area contributed by atoms with Gasteiger partial charge in [-0.05, 0) is 31.2 Å². The number of nitrogens with zero attached hydrogens (tertiary/aromatic N) is 1. The van der Waals surface area contributed by atoms with Crippen LogP contribution in [0.15, 0.2) is 33.8 Å². The molecule has 1 aromatic heterocycles. The number of thiophene rings is 1. The number of ketones is 1.